The molecule has 4 aliphatic heterocycles. The van der Waals surface area contributed by atoms with E-state index in [1.807, 2.05) is 0 Å². The van der Waals surface area contributed by atoms with Crippen LogP contribution in [0.3, 0.4) is 0 Å². The van der Waals surface area contributed by atoms with Crippen molar-refractivity contribution in [1.82, 2.24) is 4.57 Å². The third-order valence-corrected chi connectivity index (χ3v) is 15.6. The number of hydrogen-bond acceptors (Lipinski definition) is 2. The van der Waals surface area contributed by atoms with E-state index >= 15 is 0 Å². The Balaban J connectivity index is 1.25. The quantitative estimate of drug-likeness (QED) is 0.163. The Labute approximate surface area is 394 Å². The van der Waals surface area contributed by atoms with Gasteiger partial charge in [-0.1, -0.05) is 129 Å². The molecular weight excluding hydrogens is 808 g/mol. The molecule has 0 bridgehead atoms. The van der Waals surface area contributed by atoms with Crippen molar-refractivity contribution in [3.63, 3.8) is 0 Å². The van der Waals surface area contributed by atoms with Crippen LogP contribution in [0.5, 0.6) is 0 Å². The Hall–Kier alpha value is -7.49. The smallest absolute Gasteiger partial charge is 0.251 e. The summed E-state index contributed by atoms with van der Waals surface area (Å²) in [5, 5.41) is 2.56. The third kappa shape index (κ3) is 5.26. The van der Waals surface area contributed by atoms with Gasteiger partial charge in [-0.2, -0.15) is 0 Å². The monoisotopic (exact) mass is 857 g/mol. The van der Waals surface area contributed by atoms with Crippen molar-refractivity contribution in [3.8, 4) is 27.9 Å². The van der Waals surface area contributed by atoms with E-state index in [-0.39, 0.29) is 13.4 Å². The summed E-state index contributed by atoms with van der Waals surface area (Å²) in [5.74, 6) is 0. The summed E-state index contributed by atoms with van der Waals surface area (Å²) < 4.78 is 2.63. The number of hydrogen-bond donors (Lipinski definition) is 0. The van der Waals surface area contributed by atoms with Crippen molar-refractivity contribution >= 4 is 102 Å². The summed E-state index contributed by atoms with van der Waals surface area (Å²) in [6.07, 6.45) is 0. The van der Waals surface area contributed by atoms with Gasteiger partial charge < -0.3 is 14.4 Å². The Morgan fingerprint density at radius 3 is 1.30 bits per heavy atom. The number of benzene rings is 9. The number of nitrogens with zero attached hydrogens (tertiary/aromatic N) is 3. The number of rotatable bonds is 4. The molecule has 1 aromatic heterocycles. The fraction of sp³-hybridized carbons (Fsp3) is 0.129. The first-order valence-electron chi connectivity index (χ1n) is 24.0. The molecule has 0 saturated carbocycles. The molecule has 5 heteroatoms. The molecule has 0 unspecified atom stereocenters. The van der Waals surface area contributed by atoms with Crippen molar-refractivity contribution in [2.45, 2.75) is 55.4 Å². The lowest BCUT2D eigenvalue weighted by molar-refractivity contribution is 1.15. The Bertz CT molecular complexity index is 3740. The van der Waals surface area contributed by atoms with Crippen LogP contribution in [0.25, 0.3) is 49.7 Å². The van der Waals surface area contributed by atoms with E-state index < -0.39 is 0 Å². The highest BCUT2D eigenvalue weighted by molar-refractivity contribution is 7.06. The Kier molecular flexibility index (Phi) is 7.84. The van der Waals surface area contributed by atoms with Crippen LogP contribution in [-0.4, -0.2) is 18.0 Å². The van der Waals surface area contributed by atoms with Gasteiger partial charge in [0.25, 0.3) is 6.71 Å². The van der Waals surface area contributed by atoms with E-state index in [1.165, 1.54) is 150 Å². The molecule has 3 nitrogen and oxygen atoms in total. The number of fused-ring (bicyclic) bond motifs is 13. The minimum atomic E-state index is -0.0261. The van der Waals surface area contributed by atoms with Crippen molar-refractivity contribution in [2.24, 2.45) is 0 Å². The maximum Gasteiger partial charge on any atom is 0.251 e. The molecule has 10 aromatic rings. The Morgan fingerprint density at radius 1 is 0.343 bits per heavy atom. The van der Waals surface area contributed by atoms with E-state index in [2.05, 4.69) is 221 Å². The zero-order valence-electron chi connectivity index (χ0n) is 39.4. The highest BCUT2D eigenvalue weighted by Crippen LogP contribution is 2.50. The SMILES string of the molecule is Cc1ccc(N(c2ccc(C)cc2)c2c(-n3c4ccc(C)cc4c4cc(C)ccc43)cc3c4c2B2c5ccc(C)cc5-c5cc(C)cc(c52)N4c2cc(C)cc4c2B3c2ccc(C)cc2-4)cc1. The second-order valence-corrected chi connectivity index (χ2v) is 20.4. The molecule has 14 rings (SSSR count). The first-order chi connectivity index (χ1) is 32.5. The highest BCUT2D eigenvalue weighted by atomic mass is 15.2. The normalized spacial score (nSPS) is 13.3. The number of aryl methyl sites for hydroxylation is 8. The molecule has 5 heterocycles. The van der Waals surface area contributed by atoms with Gasteiger partial charge in [-0.25, -0.2) is 0 Å². The van der Waals surface area contributed by atoms with E-state index in [0.717, 1.165) is 11.4 Å². The van der Waals surface area contributed by atoms with Crippen LogP contribution >= 0.6 is 0 Å². The number of aromatic nitrogens is 1. The topological polar surface area (TPSA) is 11.4 Å². The van der Waals surface area contributed by atoms with Crippen molar-refractivity contribution in [3.05, 3.63) is 196 Å². The average Bonchev–Trinajstić information content (AvgIpc) is 3.92. The van der Waals surface area contributed by atoms with Gasteiger partial charge in [-0.3, -0.25) is 0 Å². The zero-order valence-corrected chi connectivity index (χ0v) is 39.4. The standard InChI is InChI=1S/C62H49B2N3/c1-34-9-17-42(18-10-34)65(43-19-11-35(2)12-20-43)62-57(66-53-23-15-38(5)27-46(53)47-28-39(6)16-24-54(47)66)33-52-61-60(62)64-51-22-14-37(4)26-45(51)49-30-41(8)32-56(59(49)64)67(61)55-31-40(7)29-48-44-25-36(3)13-21-50(44)63(52)58(48)55/h9-33H,1-8H3. The largest absolute Gasteiger partial charge is 0.312 e. The molecule has 318 valence electrons. The molecule has 0 radical (unpaired) electrons. The summed E-state index contributed by atoms with van der Waals surface area (Å²) in [6, 6.07) is 59.6. The molecule has 0 amide bonds. The highest BCUT2D eigenvalue weighted by Gasteiger charge is 2.52. The van der Waals surface area contributed by atoms with Crippen LogP contribution in [0.2, 0.25) is 0 Å². The first-order valence-corrected chi connectivity index (χ1v) is 24.0. The van der Waals surface area contributed by atoms with E-state index in [1.54, 1.807) is 0 Å². The molecule has 0 spiro atoms. The zero-order chi connectivity index (χ0) is 45.3. The minimum absolute atomic E-state index is 0.0261. The van der Waals surface area contributed by atoms with Gasteiger partial charge in [-0.15, -0.1) is 0 Å². The van der Waals surface area contributed by atoms with E-state index in [4.69, 9.17) is 0 Å². The predicted octanol–water partition coefficient (Wildman–Crippen LogP) is 11.8. The summed E-state index contributed by atoms with van der Waals surface area (Å²) >= 11 is 0. The number of anilines is 6. The van der Waals surface area contributed by atoms with E-state index in [0.29, 0.717) is 0 Å². The van der Waals surface area contributed by atoms with Crippen LogP contribution in [0.15, 0.2) is 152 Å². The van der Waals surface area contributed by atoms with Gasteiger partial charge in [0.2, 0.25) is 6.71 Å². The van der Waals surface area contributed by atoms with Gasteiger partial charge in [0, 0.05) is 39.2 Å². The first kappa shape index (κ1) is 38.7. The van der Waals surface area contributed by atoms with Gasteiger partial charge in [0.05, 0.1) is 22.4 Å². The Morgan fingerprint density at radius 2 is 0.776 bits per heavy atom. The van der Waals surface area contributed by atoms with Gasteiger partial charge in [0.1, 0.15) is 0 Å². The lowest BCUT2D eigenvalue weighted by Gasteiger charge is -2.45. The van der Waals surface area contributed by atoms with Crippen molar-refractivity contribution in [1.29, 1.82) is 0 Å². The second kappa shape index (κ2) is 13.5. The molecule has 4 aliphatic rings. The molecule has 67 heavy (non-hydrogen) atoms. The molecule has 0 saturated heterocycles. The maximum absolute atomic E-state index is 2.72. The average molecular weight is 858 g/mol. The molecule has 9 aromatic carbocycles. The summed E-state index contributed by atoms with van der Waals surface area (Å²) in [5.41, 5.74) is 35.0. The summed E-state index contributed by atoms with van der Waals surface area (Å²) in [4.78, 5) is 5.33. The van der Waals surface area contributed by atoms with Crippen LogP contribution in [0.4, 0.5) is 34.1 Å². The lowest BCUT2D eigenvalue weighted by atomic mass is 9.32. The summed E-state index contributed by atoms with van der Waals surface area (Å²) in [7, 11) is 0. The van der Waals surface area contributed by atoms with Gasteiger partial charge in [0.15, 0.2) is 0 Å². The molecule has 0 atom stereocenters. The molecule has 0 N–H and O–H groups in total. The van der Waals surface area contributed by atoms with Crippen LogP contribution in [-0.2, 0) is 0 Å². The van der Waals surface area contributed by atoms with Crippen LogP contribution < -0.4 is 42.6 Å². The van der Waals surface area contributed by atoms with Crippen molar-refractivity contribution in [2.75, 3.05) is 9.80 Å². The van der Waals surface area contributed by atoms with Crippen LogP contribution in [0.1, 0.15) is 44.5 Å². The fourth-order valence-corrected chi connectivity index (χ4v) is 12.7. The second-order valence-electron chi connectivity index (χ2n) is 20.4. The van der Waals surface area contributed by atoms with Gasteiger partial charge >= 0.3 is 0 Å². The predicted molar refractivity (Wildman–Crippen MR) is 288 cm³/mol. The van der Waals surface area contributed by atoms with Crippen LogP contribution in [0, 0.1) is 55.4 Å². The minimum Gasteiger partial charge on any atom is -0.312 e. The van der Waals surface area contributed by atoms with Crippen molar-refractivity contribution < 1.29 is 0 Å². The summed E-state index contributed by atoms with van der Waals surface area (Å²) in [6.45, 7) is 17.9. The molecule has 0 aliphatic carbocycles. The maximum atomic E-state index is 2.72. The lowest BCUT2D eigenvalue weighted by Crippen LogP contribution is -2.63. The van der Waals surface area contributed by atoms with E-state index in [9.17, 15) is 0 Å². The molecule has 0 fully saturated rings. The van der Waals surface area contributed by atoms with Gasteiger partial charge in [-0.05, 0) is 177 Å². The molecular formula is C62H49B2N3. The third-order valence-electron chi connectivity index (χ3n) is 15.6. The fourth-order valence-electron chi connectivity index (χ4n) is 12.7.